The first kappa shape index (κ1) is 14.3. The van der Waals surface area contributed by atoms with Crippen LogP contribution >= 0.6 is 0 Å². The van der Waals surface area contributed by atoms with E-state index < -0.39 is 6.04 Å². The van der Waals surface area contributed by atoms with E-state index in [0.717, 1.165) is 25.9 Å². The fraction of sp³-hybridized carbons (Fsp3) is 0.846. The molecule has 0 aromatic rings. The molecule has 2 aliphatic rings. The first-order chi connectivity index (χ1) is 9.24. The molecule has 2 N–H and O–H groups in total. The van der Waals surface area contributed by atoms with Gasteiger partial charge in [-0.15, -0.1) is 0 Å². The summed E-state index contributed by atoms with van der Waals surface area (Å²) in [5, 5.41) is 6.03. The Balaban J connectivity index is 2.01. The summed E-state index contributed by atoms with van der Waals surface area (Å²) in [6, 6.07) is -0.462. The molecule has 2 amide bonds. The molecule has 6 heteroatoms. The van der Waals surface area contributed by atoms with Crippen molar-refractivity contribution in [3.05, 3.63) is 0 Å². The van der Waals surface area contributed by atoms with Crippen molar-refractivity contribution < 1.29 is 14.3 Å². The molecule has 1 atom stereocenters. The Hall–Kier alpha value is -1.14. The quantitative estimate of drug-likeness (QED) is 0.714. The molecule has 0 bridgehead atoms. The van der Waals surface area contributed by atoms with Gasteiger partial charge < -0.3 is 20.3 Å². The first-order valence-electron chi connectivity index (χ1n) is 7.10. The first-order valence-corrected chi connectivity index (χ1v) is 7.10. The molecule has 2 saturated heterocycles. The van der Waals surface area contributed by atoms with E-state index in [0.29, 0.717) is 26.3 Å². The molecule has 2 fully saturated rings. The maximum Gasteiger partial charge on any atom is 0.245 e. The Labute approximate surface area is 113 Å². The number of rotatable bonds is 3. The lowest BCUT2D eigenvalue weighted by Crippen LogP contribution is -2.57. The number of hydrogen-bond donors (Lipinski definition) is 2. The second-order valence-corrected chi connectivity index (χ2v) is 5.04. The fourth-order valence-corrected chi connectivity index (χ4v) is 2.68. The molecule has 0 spiro atoms. The van der Waals surface area contributed by atoms with E-state index in [1.54, 1.807) is 4.90 Å². The van der Waals surface area contributed by atoms with Crippen LogP contribution in [-0.4, -0.2) is 62.1 Å². The van der Waals surface area contributed by atoms with E-state index in [-0.39, 0.29) is 17.7 Å². The second kappa shape index (κ2) is 6.86. The zero-order chi connectivity index (χ0) is 13.7. The van der Waals surface area contributed by atoms with Crippen LogP contribution in [0, 0.1) is 5.92 Å². The Kier molecular flexibility index (Phi) is 5.15. The van der Waals surface area contributed by atoms with Crippen molar-refractivity contribution in [2.75, 3.05) is 39.4 Å². The molecule has 2 heterocycles. The topological polar surface area (TPSA) is 70.7 Å². The molecule has 0 saturated carbocycles. The summed E-state index contributed by atoms with van der Waals surface area (Å²) < 4.78 is 5.35. The summed E-state index contributed by atoms with van der Waals surface area (Å²) in [5.74, 6) is 0.0572. The zero-order valence-electron chi connectivity index (χ0n) is 11.5. The maximum atomic E-state index is 12.5. The van der Waals surface area contributed by atoms with Crippen LogP contribution in [0.1, 0.15) is 19.8 Å². The molecular weight excluding hydrogens is 246 g/mol. The van der Waals surface area contributed by atoms with Gasteiger partial charge in [-0.2, -0.15) is 0 Å². The van der Waals surface area contributed by atoms with Gasteiger partial charge in [0.15, 0.2) is 0 Å². The van der Waals surface area contributed by atoms with Gasteiger partial charge in [0, 0.05) is 19.0 Å². The molecular formula is C13H23N3O3. The fourth-order valence-electron chi connectivity index (χ4n) is 2.68. The van der Waals surface area contributed by atoms with Gasteiger partial charge in [0.05, 0.1) is 13.2 Å². The maximum absolute atomic E-state index is 12.5. The monoisotopic (exact) mass is 269 g/mol. The highest BCUT2D eigenvalue weighted by molar-refractivity contribution is 5.88. The Morgan fingerprint density at radius 1 is 1.37 bits per heavy atom. The van der Waals surface area contributed by atoms with Crippen LogP contribution in [0.3, 0.4) is 0 Å². The van der Waals surface area contributed by atoms with Gasteiger partial charge in [-0.1, -0.05) is 0 Å². The number of nitrogens with one attached hydrogen (secondary N) is 2. The summed E-state index contributed by atoms with van der Waals surface area (Å²) >= 11 is 0. The van der Waals surface area contributed by atoms with Crippen LogP contribution in [0.5, 0.6) is 0 Å². The van der Waals surface area contributed by atoms with E-state index in [1.165, 1.54) is 0 Å². The van der Waals surface area contributed by atoms with Crippen molar-refractivity contribution in [1.82, 2.24) is 15.5 Å². The molecule has 0 aromatic carbocycles. The Morgan fingerprint density at radius 2 is 2.11 bits per heavy atom. The number of hydrogen-bond acceptors (Lipinski definition) is 4. The molecule has 2 aliphatic heterocycles. The lowest BCUT2D eigenvalue weighted by Gasteiger charge is -2.37. The summed E-state index contributed by atoms with van der Waals surface area (Å²) in [6.45, 7) is 5.56. The van der Waals surface area contributed by atoms with E-state index in [4.69, 9.17) is 4.74 Å². The SMILES string of the molecule is CCNC(=O)C1COCCN1C(=O)C1CCNCC1. The molecule has 19 heavy (non-hydrogen) atoms. The molecule has 6 nitrogen and oxygen atoms in total. The number of piperidine rings is 1. The van der Waals surface area contributed by atoms with Gasteiger partial charge in [-0.3, -0.25) is 9.59 Å². The van der Waals surface area contributed by atoms with Gasteiger partial charge in [0.1, 0.15) is 6.04 Å². The van der Waals surface area contributed by atoms with E-state index >= 15 is 0 Å². The molecule has 0 radical (unpaired) electrons. The van der Waals surface area contributed by atoms with Crippen molar-refractivity contribution in [2.24, 2.45) is 5.92 Å². The number of nitrogens with zero attached hydrogens (tertiary/aromatic N) is 1. The third-order valence-corrected chi connectivity index (χ3v) is 3.75. The number of ether oxygens (including phenoxy) is 1. The summed E-state index contributed by atoms with van der Waals surface area (Å²) in [6.07, 6.45) is 1.72. The van der Waals surface area contributed by atoms with E-state index in [9.17, 15) is 9.59 Å². The molecule has 2 rings (SSSR count). The highest BCUT2D eigenvalue weighted by Crippen LogP contribution is 2.18. The smallest absolute Gasteiger partial charge is 0.245 e. The number of carbonyl (C=O) groups excluding carboxylic acids is 2. The van der Waals surface area contributed by atoms with Crippen molar-refractivity contribution >= 4 is 11.8 Å². The van der Waals surface area contributed by atoms with Crippen LogP contribution in [0.15, 0.2) is 0 Å². The van der Waals surface area contributed by atoms with Gasteiger partial charge in [0.2, 0.25) is 11.8 Å². The third kappa shape index (κ3) is 3.45. The Bertz CT molecular complexity index is 329. The summed E-state index contributed by atoms with van der Waals surface area (Å²) in [5.41, 5.74) is 0. The minimum absolute atomic E-state index is 0.0521. The zero-order valence-corrected chi connectivity index (χ0v) is 11.5. The average Bonchev–Trinajstić information content (AvgIpc) is 2.47. The highest BCUT2D eigenvalue weighted by Gasteiger charge is 2.36. The summed E-state index contributed by atoms with van der Waals surface area (Å²) in [4.78, 5) is 26.2. The lowest BCUT2D eigenvalue weighted by molar-refractivity contribution is -0.152. The molecule has 0 aliphatic carbocycles. The van der Waals surface area contributed by atoms with Gasteiger partial charge in [-0.25, -0.2) is 0 Å². The minimum Gasteiger partial charge on any atom is -0.377 e. The van der Waals surface area contributed by atoms with Crippen LogP contribution in [0.4, 0.5) is 0 Å². The molecule has 0 aromatic heterocycles. The van der Waals surface area contributed by atoms with E-state index in [2.05, 4.69) is 10.6 Å². The van der Waals surface area contributed by atoms with Crippen molar-refractivity contribution in [3.8, 4) is 0 Å². The number of amides is 2. The van der Waals surface area contributed by atoms with Crippen LogP contribution in [0.25, 0.3) is 0 Å². The number of likely N-dealkylation sites (N-methyl/N-ethyl adjacent to an activating group) is 1. The third-order valence-electron chi connectivity index (χ3n) is 3.75. The number of morpholine rings is 1. The van der Waals surface area contributed by atoms with Crippen molar-refractivity contribution in [3.63, 3.8) is 0 Å². The predicted molar refractivity (Wildman–Crippen MR) is 70.6 cm³/mol. The lowest BCUT2D eigenvalue weighted by atomic mass is 9.95. The highest BCUT2D eigenvalue weighted by atomic mass is 16.5. The minimum atomic E-state index is -0.462. The number of carbonyl (C=O) groups is 2. The molecule has 1 unspecified atom stereocenters. The predicted octanol–water partition coefficient (Wildman–Crippen LogP) is -0.650. The largest absolute Gasteiger partial charge is 0.377 e. The van der Waals surface area contributed by atoms with Crippen LogP contribution < -0.4 is 10.6 Å². The van der Waals surface area contributed by atoms with Gasteiger partial charge in [-0.05, 0) is 32.9 Å². The normalized spacial score (nSPS) is 25.1. The standard InChI is InChI=1S/C13H23N3O3/c1-2-15-12(17)11-9-19-8-7-16(11)13(18)10-3-5-14-6-4-10/h10-11,14H,2-9H2,1H3,(H,15,17). The second-order valence-electron chi connectivity index (χ2n) is 5.04. The van der Waals surface area contributed by atoms with E-state index in [1.807, 2.05) is 6.92 Å². The average molecular weight is 269 g/mol. The van der Waals surface area contributed by atoms with Gasteiger partial charge >= 0.3 is 0 Å². The van der Waals surface area contributed by atoms with Crippen molar-refractivity contribution in [1.29, 1.82) is 0 Å². The van der Waals surface area contributed by atoms with Crippen molar-refractivity contribution in [2.45, 2.75) is 25.8 Å². The van der Waals surface area contributed by atoms with Crippen LogP contribution in [-0.2, 0) is 14.3 Å². The Morgan fingerprint density at radius 3 is 2.79 bits per heavy atom. The van der Waals surface area contributed by atoms with Gasteiger partial charge in [0.25, 0.3) is 0 Å². The van der Waals surface area contributed by atoms with Crippen LogP contribution in [0.2, 0.25) is 0 Å². The summed E-state index contributed by atoms with van der Waals surface area (Å²) in [7, 11) is 0. The molecule has 108 valence electrons.